The van der Waals surface area contributed by atoms with E-state index in [0.717, 1.165) is 8.92 Å². The van der Waals surface area contributed by atoms with Crippen LogP contribution in [0.3, 0.4) is 0 Å². The van der Waals surface area contributed by atoms with Crippen LogP contribution in [0.15, 0.2) is 20.8 Å². The van der Waals surface area contributed by atoms with Crippen molar-refractivity contribution in [2.75, 3.05) is 0 Å². The van der Waals surface area contributed by atoms with Gasteiger partial charge in [-0.05, 0) is 15.9 Å². The first-order valence-electron chi connectivity index (χ1n) is 2.76. The maximum Gasteiger partial charge on any atom is 0.183 e. The van der Waals surface area contributed by atoms with Gasteiger partial charge >= 0.3 is 0 Å². The van der Waals surface area contributed by atoms with Crippen LogP contribution in [0.5, 0.6) is 0 Å². The predicted octanol–water partition coefficient (Wildman–Crippen LogP) is 1.96. The van der Waals surface area contributed by atoms with Crippen molar-refractivity contribution in [3.8, 4) is 10.7 Å². The minimum absolute atomic E-state index is 0.716. The van der Waals surface area contributed by atoms with Crippen LogP contribution in [0.25, 0.3) is 10.7 Å². The second-order valence-electron chi connectivity index (χ2n) is 1.74. The van der Waals surface area contributed by atoms with Crippen molar-refractivity contribution in [2.45, 2.75) is 0 Å². The molecular formula is C5H2BrN3OS. The summed E-state index contributed by atoms with van der Waals surface area (Å²) in [5.41, 5.74) is 0.716. The van der Waals surface area contributed by atoms with Gasteiger partial charge in [-0.25, -0.2) is 0 Å². The molecule has 0 bridgehead atoms. The maximum atomic E-state index is 4.65. The largest absolute Gasteiger partial charge is 0.364 e. The van der Waals surface area contributed by atoms with E-state index in [4.69, 9.17) is 0 Å². The number of hydrogen-bond donors (Lipinski definition) is 0. The Labute approximate surface area is 74.4 Å². The Kier molecular flexibility index (Phi) is 1.71. The molecule has 6 heteroatoms. The number of rotatable bonds is 1. The highest BCUT2D eigenvalue weighted by Gasteiger charge is 2.06. The monoisotopic (exact) mass is 231 g/mol. The molecule has 2 aromatic rings. The highest BCUT2D eigenvalue weighted by Crippen LogP contribution is 2.24. The first-order chi connectivity index (χ1) is 5.36. The molecule has 4 nitrogen and oxygen atoms in total. The van der Waals surface area contributed by atoms with E-state index in [1.165, 1.54) is 17.6 Å². The average Bonchev–Trinajstić information content (AvgIpc) is 2.55. The Hall–Kier alpha value is -0.750. The zero-order chi connectivity index (χ0) is 7.68. The van der Waals surface area contributed by atoms with Crippen molar-refractivity contribution in [3.63, 3.8) is 0 Å². The molecular weight excluding hydrogens is 230 g/mol. The lowest BCUT2D eigenvalue weighted by atomic mass is 10.5. The maximum absolute atomic E-state index is 4.65. The van der Waals surface area contributed by atoms with Gasteiger partial charge in [0.1, 0.15) is 12.0 Å². The Morgan fingerprint density at radius 2 is 2.36 bits per heavy atom. The lowest BCUT2D eigenvalue weighted by Crippen LogP contribution is -1.73. The summed E-state index contributed by atoms with van der Waals surface area (Å²) in [6.45, 7) is 0. The summed E-state index contributed by atoms with van der Waals surface area (Å²) >= 11 is 4.62. The molecule has 0 unspecified atom stereocenters. The molecule has 2 aromatic heterocycles. The molecule has 0 aromatic carbocycles. The van der Waals surface area contributed by atoms with E-state index >= 15 is 0 Å². The van der Waals surface area contributed by atoms with Crippen LogP contribution >= 0.6 is 27.3 Å². The van der Waals surface area contributed by atoms with E-state index in [2.05, 4.69) is 35.8 Å². The smallest absolute Gasteiger partial charge is 0.183 e. The van der Waals surface area contributed by atoms with Gasteiger partial charge in [0.05, 0.1) is 0 Å². The Morgan fingerprint density at radius 3 is 2.91 bits per heavy atom. The van der Waals surface area contributed by atoms with Gasteiger partial charge < -0.3 is 4.52 Å². The van der Waals surface area contributed by atoms with Crippen molar-refractivity contribution >= 4 is 27.3 Å². The lowest BCUT2D eigenvalue weighted by Gasteiger charge is -1.78. The van der Waals surface area contributed by atoms with E-state index in [-0.39, 0.29) is 0 Å². The van der Waals surface area contributed by atoms with Gasteiger partial charge in [-0.3, -0.25) is 0 Å². The quantitative estimate of drug-likeness (QED) is 0.753. The molecule has 0 fully saturated rings. The molecule has 0 N–H and O–H groups in total. The van der Waals surface area contributed by atoms with Crippen LogP contribution in [-0.4, -0.2) is 15.4 Å². The fourth-order valence-corrected chi connectivity index (χ4v) is 1.70. The average molecular weight is 232 g/mol. The fraction of sp³-hybridized carbons (Fsp3) is 0. The molecule has 0 aliphatic carbocycles. The van der Waals surface area contributed by atoms with Crippen LogP contribution in [-0.2, 0) is 0 Å². The van der Waals surface area contributed by atoms with E-state index in [9.17, 15) is 0 Å². The highest BCUT2D eigenvalue weighted by molar-refractivity contribution is 9.11. The van der Waals surface area contributed by atoms with Crippen LogP contribution < -0.4 is 0 Å². The Morgan fingerprint density at radius 1 is 1.45 bits per heavy atom. The summed E-state index contributed by atoms with van der Waals surface area (Å²) in [4.78, 5) is 0. The van der Waals surface area contributed by atoms with E-state index in [0.29, 0.717) is 5.69 Å². The molecule has 0 saturated carbocycles. The Balaban J connectivity index is 2.45. The molecule has 56 valence electrons. The minimum Gasteiger partial charge on any atom is -0.364 e. The summed E-state index contributed by atoms with van der Waals surface area (Å²) in [5, 5.41) is 12.1. The molecule has 0 aliphatic heterocycles. The fourth-order valence-electron chi connectivity index (χ4n) is 0.632. The van der Waals surface area contributed by atoms with Gasteiger partial charge in [0.2, 0.25) is 0 Å². The second kappa shape index (κ2) is 2.71. The molecule has 0 amide bonds. The number of hydrogen-bond acceptors (Lipinski definition) is 5. The molecule has 2 rings (SSSR count). The lowest BCUT2D eigenvalue weighted by molar-refractivity contribution is 0.422. The van der Waals surface area contributed by atoms with Crippen LogP contribution in [0.1, 0.15) is 0 Å². The van der Waals surface area contributed by atoms with Gasteiger partial charge in [-0.1, -0.05) is 16.5 Å². The summed E-state index contributed by atoms with van der Waals surface area (Å²) in [6.07, 6.45) is 1.50. The van der Waals surface area contributed by atoms with E-state index in [1.54, 1.807) is 6.07 Å². The van der Waals surface area contributed by atoms with Gasteiger partial charge in [-0.15, -0.1) is 10.2 Å². The van der Waals surface area contributed by atoms with Gasteiger partial charge in [0.25, 0.3) is 0 Å². The normalized spacial score (nSPS) is 10.3. The van der Waals surface area contributed by atoms with Crippen molar-refractivity contribution in [1.29, 1.82) is 0 Å². The Bertz CT molecular complexity index is 344. The third kappa shape index (κ3) is 1.31. The SMILES string of the molecule is Brc1nnc(-c2ccon2)s1. The highest BCUT2D eigenvalue weighted by atomic mass is 79.9. The van der Waals surface area contributed by atoms with Crippen molar-refractivity contribution in [2.24, 2.45) is 0 Å². The first kappa shape index (κ1) is 6.93. The minimum atomic E-state index is 0.716. The van der Waals surface area contributed by atoms with Crippen LogP contribution in [0, 0.1) is 0 Å². The van der Waals surface area contributed by atoms with Crippen LogP contribution in [0.4, 0.5) is 0 Å². The van der Waals surface area contributed by atoms with Gasteiger partial charge in [0, 0.05) is 6.07 Å². The number of aromatic nitrogens is 3. The first-order valence-corrected chi connectivity index (χ1v) is 4.37. The molecule has 0 aliphatic rings. The summed E-state index contributed by atoms with van der Waals surface area (Å²) in [5.74, 6) is 0. The van der Waals surface area contributed by atoms with Crippen molar-refractivity contribution in [3.05, 3.63) is 16.2 Å². The molecule has 2 heterocycles. The third-order valence-corrected chi connectivity index (χ3v) is 2.44. The summed E-state index contributed by atoms with van der Waals surface area (Å²) < 4.78 is 5.40. The summed E-state index contributed by atoms with van der Waals surface area (Å²) in [6, 6.07) is 1.74. The molecule has 0 radical (unpaired) electrons. The molecule has 11 heavy (non-hydrogen) atoms. The number of halogens is 1. The van der Waals surface area contributed by atoms with E-state index < -0.39 is 0 Å². The van der Waals surface area contributed by atoms with Crippen LogP contribution in [0.2, 0.25) is 0 Å². The van der Waals surface area contributed by atoms with E-state index in [1.807, 2.05) is 0 Å². The zero-order valence-corrected chi connectivity index (χ0v) is 7.59. The summed E-state index contributed by atoms with van der Waals surface area (Å²) in [7, 11) is 0. The second-order valence-corrected chi connectivity index (χ2v) is 4.00. The third-order valence-electron chi connectivity index (χ3n) is 1.06. The molecule has 0 atom stereocenters. The molecule has 0 spiro atoms. The van der Waals surface area contributed by atoms with Gasteiger partial charge in [-0.2, -0.15) is 0 Å². The molecule has 0 saturated heterocycles. The topological polar surface area (TPSA) is 51.8 Å². The van der Waals surface area contributed by atoms with Gasteiger partial charge in [0.15, 0.2) is 8.92 Å². The number of nitrogens with zero attached hydrogens (tertiary/aromatic N) is 3. The van der Waals surface area contributed by atoms with Crippen molar-refractivity contribution < 1.29 is 4.52 Å². The van der Waals surface area contributed by atoms with Crippen molar-refractivity contribution in [1.82, 2.24) is 15.4 Å². The standard InChI is InChI=1S/C5H2BrN3OS/c6-5-8-7-4(11-5)3-1-2-10-9-3/h1-2H. The zero-order valence-electron chi connectivity index (χ0n) is 5.19. The predicted molar refractivity (Wildman–Crippen MR) is 43.1 cm³/mol.